The minimum atomic E-state index is -0.665. The summed E-state index contributed by atoms with van der Waals surface area (Å²) in [5.74, 6) is 0.624. The fourth-order valence-electron chi connectivity index (χ4n) is 3.86. The Labute approximate surface area is 205 Å². The van der Waals surface area contributed by atoms with E-state index in [-0.39, 0.29) is 18.4 Å². The summed E-state index contributed by atoms with van der Waals surface area (Å²) >= 11 is 0. The molecule has 0 saturated carbocycles. The summed E-state index contributed by atoms with van der Waals surface area (Å²) in [6.07, 6.45) is 3.11. The monoisotopic (exact) mass is 479 g/mol. The molecule has 0 aliphatic carbocycles. The van der Waals surface area contributed by atoms with Crippen LogP contribution in [0.3, 0.4) is 0 Å². The van der Waals surface area contributed by atoms with Crippen molar-refractivity contribution in [2.75, 3.05) is 20.1 Å². The van der Waals surface area contributed by atoms with Gasteiger partial charge in [0.15, 0.2) is 6.73 Å². The number of piperidine rings is 1. The number of rotatable bonds is 7. The van der Waals surface area contributed by atoms with Crippen molar-refractivity contribution in [3.05, 3.63) is 64.7 Å². The first-order valence-electron chi connectivity index (χ1n) is 11.9. The fourth-order valence-corrected chi connectivity index (χ4v) is 3.86. The van der Waals surface area contributed by atoms with Crippen molar-refractivity contribution >= 4 is 16.9 Å². The maximum absolute atomic E-state index is 13.4. The Balaban J connectivity index is 1.65. The van der Waals surface area contributed by atoms with E-state index in [2.05, 4.69) is 16.9 Å². The Kier molecular flexibility index (Phi) is 7.40. The lowest BCUT2D eigenvalue weighted by Gasteiger charge is -2.29. The van der Waals surface area contributed by atoms with Gasteiger partial charge in [0.05, 0.1) is 10.9 Å². The predicted molar refractivity (Wildman–Crippen MR) is 133 cm³/mol. The number of aromatic nitrogens is 2. The van der Waals surface area contributed by atoms with E-state index >= 15 is 0 Å². The smallest absolute Gasteiger partial charge is 0.312 e. The standard InChI is InChI=1S/C27H33N3O5/c1-27(2,3)26(32)34-18-30-17-28-22-14-21(33-16-19-8-6-5-7-9-19)15-23(24(22)25(30)31)35-20-10-12-29(4)13-11-20/h5-9,14-15,17,20H,10-13,16,18H2,1-4H3. The van der Waals surface area contributed by atoms with Gasteiger partial charge in [-0.3, -0.25) is 14.2 Å². The predicted octanol–water partition coefficient (Wildman–Crippen LogP) is 4.00. The van der Waals surface area contributed by atoms with Crippen LogP contribution in [0.4, 0.5) is 0 Å². The second-order valence-electron chi connectivity index (χ2n) is 10.0. The van der Waals surface area contributed by atoms with Gasteiger partial charge >= 0.3 is 5.97 Å². The molecule has 0 radical (unpaired) electrons. The van der Waals surface area contributed by atoms with E-state index in [1.807, 2.05) is 30.3 Å². The highest BCUT2D eigenvalue weighted by Gasteiger charge is 2.24. The molecule has 1 fully saturated rings. The van der Waals surface area contributed by atoms with Gasteiger partial charge in [0, 0.05) is 25.2 Å². The van der Waals surface area contributed by atoms with E-state index in [0.717, 1.165) is 31.5 Å². The first-order chi connectivity index (χ1) is 16.7. The molecule has 1 saturated heterocycles. The molecular formula is C27H33N3O5. The zero-order chi connectivity index (χ0) is 25.0. The average Bonchev–Trinajstić information content (AvgIpc) is 2.83. The minimum Gasteiger partial charge on any atom is -0.489 e. The van der Waals surface area contributed by atoms with E-state index in [1.165, 1.54) is 10.9 Å². The average molecular weight is 480 g/mol. The van der Waals surface area contributed by atoms with E-state index in [0.29, 0.717) is 29.0 Å². The summed E-state index contributed by atoms with van der Waals surface area (Å²) in [7, 11) is 2.09. The van der Waals surface area contributed by atoms with Crippen molar-refractivity contribution < 1.29 is 19.0 Å². The van der Waals surface area contributed by atoms with E-state index in [9.17, 15) is 9.59 Å². The van der Waals surface area contributed by atoms with Gasteiger partial charge in [0.1, 0.15) is 35.9 Å². The number of hydrogen-bond donors (Lipinski definition) is 0. The third-order valence-electron chi connectivity index (χ3n) is 6.02. The lowest BCUT2D eigenvalue weighted by Crippen LogP contribution is -2.36. The molecule has 2 aromatic carbocycles. The number of carbonyl (C=O) groups is 1. The summed E-state index contributed by atoms with van der Waals surface area (Å²) in [5.41, 5.74) is 0.520. The lowest BCUT2D eigenvalue weighted by molar-refractivity contribution is -0.157. The van der Waals surface area contributed by atoms with Gasteiger partial charge in [-0.2, -0.15) is 0 Å². The Morgan fingerprint density at radius 3 is 2.51 bits per heavy atom. The zero-order valence-corrected chi connectivity index (χ0v) is 20.8. The molecule has 8 heteroatoms. The Morgan fingerprint density at radius 1 is 1.11 bits per heavy atom. The third-order valence-corrected chi connectivity index (χ3v) is 6.02. The molecule has 1 aliphatic rings. The van der Waals surface area contributed by atoms with E-state index in [4.69, 9.17) is 14.2 Å². The first-order valence-corrected chi connectivity index (χ1v) is 11.9. The van der Waals surface area contributed by atoms with Crippen LogP contribution < -0.4 is 15.0 Å². The van der Waals surface area contributed by atoms with Crippen molar-refractivity contribution in [2.24, 2.45) is 5.41 Å². The highest BCUT2D eigenvalue weighted by Crippen LogP contribution is 2.31. The number of nitrogens with zero attached hydrogens (tertiary/aromatic N) is 3. The highest BCUT2D eigenvalue weighted by molar-refractivity contribution is 5.85. The number of ether oxygens (including phenoxy) is 3. The third kappa shape index (κ3) is 6.19. The Hall–Kier alpha value is -3.39. The molecule has 1 aromatic heterocycles. The fraction of sp³-hybridized carbons (Fsp3) is 0.444. The van der Waals surface area contributed by atoms with Gasteiger partial charge < -0.3 is 19.1 Å². The largest absolute Gasteiger partial charge is 0.489 e. The first kappa shape index (κ1) is 24.7. The SMILES string of the molecule is CN1CCC(Oc2cc(OCc3ccccc3)cc3ncn(COC(=O)C(C)(C)C)c(=O)c23)CC1. The van der Waals surface area contributed by atoms with Gasteiger partial charge in [-0.05, 0) is 46.2 Å². The van der Waals surface area contributed by atoms with Gasteiger partial charge in [-0.15, -0.1) is 0 Å². The van der Waals surface area contributed by atoms with Crippen molar-refractivity contribution in [1.29, 1.82) is 0 Å². The minimum absolute atomic E-state index is 0.00875. The summed E-state index contributed by atoms with van der Waals surface area (Å²) in [4.78, 5) is 32.3. The number of benzene rings is 2. The van der Waals surface area contributed by atoms with Crippen molar-refractivity contribution in [1.82, 2.24) is 14.5 Å². The van der Waals surface area contributed by atoms with Crippen LogP contribution >= 0.6 is 0 Å². The molecule has 0 unspecified atom stereocenters. The molecule has 35 heavy (non-hydrogen) atoms. The Bertz CT molecular complexity index is 1230. The van der Waals surface area contributed by atoms with Crippen LogP contribution in [0.5, 0.6) is 11.5 Å². The van der Waals surface area contributed by atoms with Gasteiger partial charge in [-0.25, -0.2) is 4.98 Å². The maximum Gasteiger partial charge on any atom is 0.312 e. The van der Waals surface area contributed by atoms with Crippen LogP contribution in [0.2, 0.25) is 0 Å². The lowest BCUT2D eigenvalue weighted by atomic mass is 9.98. The molecule has 3 aromatic rings. The van der Waals surface area contributed by atoms with Crippen molar-refractivity contribution in [3.8, 4) is 11.5 Å². The highest BCUT2D eigenvalue weighted by atomic mass is 16.5. The zero-order valence-electron chi connectivity index (χ0n) is 20.8. The molecular weight excluding hydrogens is 446 g/mol. The quantitative estimate of drug-likeness (QED) is 0.474. The van der Waals surface area contributed by atoms with E-state index in [1.54, 1.807) is 32.9 Å². The number of carbonyl (C=O) groups excluding carboxylic acids is 1. The molecule has 0 N–H and O–H groups in total. The van der Waals surface area contributed by atoms with Crippen molar-refractivity contribution in [2.45, 2.75) is 53.1 Å². The molecule has 1 aliphatic heterocycles. The van der Waals surface area contributed by atoms with Gasteiger partial charge in [-0.1, -0.05) is 30.3 Å². The molecule has 2 heterocycles. The van der Waals surface area contributed by atoms with E-state index < -0.39 is 11.4 Å². The number of likely N-dealkylation sites (tertiary alicyclic amines) is 1. The summed E-state index contributed by atoms with van der Waals surface area (Å²) in [6.45, 7) is 7.33. The molecule has 0 atom stereocenters. The summed E-state index contributed by atoms with van der Waals surface area (Å²) in [6, 6.07) is 13.4. The second kappa shape index (κ2) is 10.5. The number of hydrogen-bond acceptors (Lipinski definition) is 7. The van der Waals surface area contributed by atoms with Crippen LogP contribution in [0.25, 0.3) is 10.9 Å². The van der Waals surface area contributed by atoms with Crippen LogP contribution in [0.1, 0.15) is 39.2 Å². The van der Waals surface area contributed by atoms with Crippen LogP contribution in [-0.2, 0) is 22.9 Å². The molecule has 0 spiro atoms. The van der Waals surface area contributed by atoms with Crippen LogP contribution in [0.15, 0.2) is 53.6 Å². The van der Waals surface area contributed by atoms with Gasteiger partial charge in [0.2, 0.25) is 0 Å². The molecule has 186 valence electrons. The normalized spacial score (nSPS) is 15.2. The summed E-state index contributed by atoms with van der Waals surface area (Å²) in [5, 5.41) is 0.352. The Morgan fingerprint density at radius 2 is 1.83 bits per heavy atom. The maximum atomic E-state index is 13.4. The molecule has 0 bridgehead atoms. The van der Waals surface area contributed by atoms with Crippen LogP contribution in [-0.4, -0.2) is 46.7 Å². The second-order valence-corrected chi connectivity index (χ2v) is 10.0. The number of esters is 1. The van der Waals surface area contributed by atoms with Gasteiger partial charge in [0.25, 0.3) is 5.56 Å². The molecule has 4 rings (SSSR count). The van der Waals surface area contributed by atoms with Crippen LogP contribution in [0, 0.1) is 5.41 Å². The topological polar surface area (TPSA) is 82.9 Å². The van der Waals surface area contributed by atoms with Crippen molar-refractivity contribution in [3.63, 3.8) is 0 Å². The number of fused-ring (bicyclic) bond motifs is 1. The molecule has 0 amide bonds. The summed E-state index contributed by atoms with van der Waals surface area (Å²) < 4.78 is 19.0. The molecule has 8 nitrogen and oxygen atoms in total.